The molecular formula is C15H21NO2. The van der Waals surface area contributed by atoms with Crippen molar-refractivity contribution in [2.75, 3.05) is 6.54 Å². The predicted octanol–water partition coefficient (Wildman–Crippen LogP) is 2.44. The second-order valence-corrected chi connectivity index (χ2v) is 4.85. The van der Waals surface area contributed by atoms with Gasteiger partial charge in [-0.15, -0.1) is 0 Å². The summed E-state index contributed by atoms with van der Waals surface area (Å²) in [4.78, 5) is 22.6. The van der Waals surface area contributed by atoms with Crippen LogP contribution in [0.2, 0.25) is 0 Å². The molecular weight excluding hydrogens is 226 g/mol. The summed E-state index contributed by atoms with van der Waals surface area (Å²) in [5.74, 6) is 0.0142. The Morgan fingerprint density at radius 3 is 2.17 bits per heavy atom. The molecule has 2 unspecified atom stereocenters. The van der Waals surface area contributed by atoms with Crippen LogP contribution >= 0.6 is 0 Å². The van der Waals surface area contributed by atoms with Crippen LogP contribution in [0.25, 0.3) is 0 Å². The third-order valence-corrected chi connectivity index (χ3v) is 3.32. The first-order valence-electron chi connectivity index (χ1n) is 6.23. The number of hydrogen-bond acceptors (Lipinski definition) is 2. The Morgan fingerprint density at radius 1 is 1.17 bits per heavy atom. The molecule has 3 nitrogen and oxygen atoms in total. The highest BCUT2D eigenvalue weighted by Gasteiger charge is 2.22. The lowest BCUT2D eigenvalue weighted by Gasteiger charge is -2.23. The van der Waals surface area contributed by atoms with Gasteiger partial charge in [-0.3, -0.25) is 9.59 Å². The van der Waals surface area contributed by atoms with Crippen LogP contribution in [0.15, 0.2) is 24.3 Å². The summed E-state index contributed by atoms with van der Waals surface area (Å²) in [6.07, 6.45) is 0. The minimum Gasteiger partial charge on any atom is -0.356 e. The van der Waals surface area contributed by atoms with E-state index in [1.165, 1.54) is 12.5 Å². The Hall–Kier alpha value is -1.64. The highest BCUT2D eigenvalue weighted by atomic mass is 16.1. The van der Waals surface area contributed by atoms with Crippen LogP contribution in [0, 0.1) is 12.8 Å². The SMILES string of the molecule is CC(=O)NCC(c1ccc(C)cc1)C(C)C(C)=O. The molecule has 0 aliphatic carbocycles. The van der Waals surface area contributed by atoms with E-state index in [9.17, 15) is 9.59 Å². The van der Waals surface area contributed by atoms with Gasteiger partial charge in [0.2, 0.25) is 5.91 Å². The molecule has 2 atom stereocenters. The lowest BCUT2D eigenvalue weighted by Crippen LogP contribution is -2.31. The van der Waals surface area contributed by atoms with E-state index >= 15 is 0 Å². The van der Waals surface area contributed by atoms with E-state index in [2.05, 4.69) is 5.32 Å². The second kappa shape index (κ2) is 6.34. The van der Waals surface area contributed by atoms with Crippen LogP contribution in [0.1, 0.15) is 37.8 Å². The highest BCUT2D eigenvalue weighted by molar-refractivity contribution is 5.79. The van der Waals surface area contributed by atoms with Gasteiger partial charge in [0, 0.05) is 25.3 Å². The van der Waals surface area contributed by atoms with Crippen molar-refractivity contribution in [2.45, 2.75) is 33.6 Å². The minimum absolute atomic E-state index is 0.0343. The Labute approximate surface area is 109 Å². The van der Waals surface area contributed by atoms with E-state index in [4.69, 9.17) is 0 Å². The molecule has 1 aromatic carbocycles. The number of hydrogen-bond donors (Lipinski definition) is 1. The number of rotatable bonds is 5. The molecule has 0 spiro atoms. The lowest BCUT2D eigenvalue weighted by molar-refractivity contribution is -0.122. The van der Waals surface area contributed by atoms with Crippen LogP contribution in [-0.2, 0) is 9.59 Å². The number of nitrogens with one attached hydrogen (secondary N) is 1. The van der Waals surface area contributed by atoms with Crippen molar-refractivity contribution in [3.63, 3.8) is 0 Å². The zero-order chi connectivity index (χ0) is 13.7. The maximum atomic E-state index is 11.6. The third kappa shape index (κ3) is 3.99. The molecule has 1 amide bonds. The fourth-order valence-corrected chi connectivity index (χ4v) is 1.93. The van der Waals surface area contributed by atoms with Gasteiger partial charge in [-0.1, -0.05) is 36.8 Å². The molecule has 0 fully saturated rings. The first-order chi connectivity index (χ1) is 8.41. The second-order valence-electron chi connectivity index (χ2n) is 4.85. The zero-order valence-corrected chi connectivity index (χ0v) is 11.5. The van der Waals surface area contributed by atoms with Crippen molar-refractivity contribution in [3.8, 4) is 0 Å². The molecule has 1 N–H and O–H groups in total. The molecule has 0 aliphatic rings. The summed E-state index contributed by atoms with van der Waals surface area (Å²) in [5.41, 5.74) is 2.28. The average molecular weight is 247 g/mol. The van der Waals surface area contributed by atoms with Crippen LogP contribution < -0.4 is 5.32 Å². The van der Waals surface area contributed by atoms with Gasteiger partial charge in [0.05, 0.1) is 0 Å². The number of benzene rings is 1. The van der Waals surface area contributed by atoms with Gasteiger partial charge in [0.1, 0.15) is 5.78 Å². The molecule has 0 saturated heterocycles. The zero-order valence-electron chi connectivity index (χ0n) is 11.5. The molecule has 1 aromatic rings. The Balaban J connectivity index is 2.92. The third-order valence-electron chi connectivity index (χ3n) is 3.32. The average Bonchev–Trinajstić information content (AvgIpc) is 2.30. The molecule has 18 heavy (non-hydrogen) atoms. The fraction of sp³-hybridized carbons (Fsp3) is 0.467. The molecule has 0 aromatic heterocycles. The normalized spacial score (nSPS) is 13.8. The summed E-state index contributed by atoms with van der Waals surface area (Å²) >= 11 is 0. The van der Waals surface area contributed by atoms with Crippen molar-refractivity contribution >= 4 is 11.7 Å². The van der Waals surface area contributed by atoms with Gasteiger partial charge < -0.3 is 5.32 Å². The number of Topliss-reactive ketones (excluding diaryl/α,β-unsaturated/α-hetero) is 1. The lowest BCUT2D eigenvalue weighted by atomic mass is 9.84. The monoisotopic (exact) mass is 247 g/mol. The summed E-state index contributed by atoms with van der Waals surface area (Å²) in [6, 6.07) is 8.12. The molecule has 0 radical (unpaired) electrons. The van der Waals surface area contributed by atoms with Crippen LogP contribution in [0.4, 0.5) is 0 Å². The fourth-order valence-electron chi connectivity index (χ4n) is 1.93. The Morgan fingerprint density at radius 2 is 1.72 bits per heavy atom. The molecule has 98 valence electrons. The Kier molecular flexibility index (Phi) is 5.08. The molecule has 0 heterocycles. The Bertz CT molecular complexity index is 423. The van der Waals surface area contributed by atoms with Crippen LogP contribution in [-0.4, -0.2) is 18.2 Å². The number of carbonyl (C=O) groups is 2. The van der Waals surface area contributed by atoms with E-state index in [0.717, 1.165) is 5.56 Å². The highest BCUT2D eigenvalue weighted by Crippen LogP contribution is 2.25. The van der Waals surface area contributed by atoms with Gasteiger partial charge >= 0.3 is 0 Å². The van der Waals surface area contributed by atoms with Gasteiger partial charge in [0.25, 0.3) is 0 Å². The van der Waals surface area contributed by atoms with Crippen molar-refractivity contribution in [2.24, 2.45) is 5.92 Å². The first-order valence-corrected chi connectivity index (χ1v) is 6.23. The number of carbonyl (C=O) groups excluding carboxylic acids is 2. The van der Waals surface area contributed by atoms with Gasteiger partial charge in [-0.05, 0) is 19.4 Å². The quantitative estimate of drug-likeness (QED) is 0.868. The van der Waals surface area contributed by atoms with E-state index < -0.39 is 0 Å². The van der Waals surface area contributed by atoms with Gasteiger partial charge in [-0.2, -0.15) is 0 Å². The molecule has 1 rings (SSSR count). The first kappa shape index (κ1) is 14.4. The van der Waals surface area contributed by atoms with Crippen molar-refractivity contribution < 1.29 is 9.59 Å². The van der Waals surface area contributed by atoms with Crippen molar-refractivity contribution in [3.05, 3.63) is 35.4 Å². The van der Waals surface area contributed by atoms with Gasteiger partial charge in [-0.25, -0.2) is 0 Å². The van der Waals surface area contributed by atoms with Crippen LogP contribution in [0.5, 0.6) is 0 Å². The number of ketones is 1. The van der Waals surface area contributed by atoms with Crippen LogP contribution in [0.3, 0.4) is 0 Å². The summed E-state index contributed by atoms with van der Waals surface area (Å²) < 4.78 is 0. The van der Waals surface area contributed by atoms with E-state index in [-0.39, 0.29) is 23.5 Å². The van der Waals surface area contributed by atoms with Crippen molar-refractivity contribution in [1.29, 1.82) is 0 Å². The number of amides is 1. The largest absolute Gasteiger partial charge is 0.356 e. The maximum Gasteiger partial charge on any atom is 0.216 e. The summed E-state index contributed by atoms with van der Waals surface area (Å²) in [7, 11) is 0. The van der Waals surface area contributed by atoms with Gasteiger partial charge in [0.15, 0.2) is 0 Å². The topological polar surface area (TPSA) is 46.2 Å². The summed E-state index contributed by atoms with van der Waals surface area (Å²) in [6.45, 7) is 7.53. The smallest absolute Gasteiger partial charge is 0.216 e. The predicted molar refractivity (Wildman–Crippen MR) is 72.4 cm³/mol. The maximum absolute atomic E-state index is 11.6. The van der Waals surface area contributed by atoms with Crippen molar-refractivity contribution in [1.82, 2.24) is 5.32 Å². The van der Waals surface area contributed by atoms with E-state index in [1.807, 2.05) is 38.1 Å². The van der Waals surface area contributed by atoms with E-state index in [1.54, 1.807) is 6.92 Å². The molecule has 0 aliphatic heterocycles. The minimum atomic E-state index is -0.0976. The molecule has 0 saturated carbocycles. The number of aryl methyl sites for hydroxylation is 1. The molecule has 0 bridgehead atoms. The summed E-state index contributed by atoms with van der Waals surface area (Å²) in [5, 5.41) is 2.80. The van der Waals surface area contributed by atoms with E-state index in [0.29, 0.717) is 6.54 Å². The molecule has 3 heteroatoms. The standard InChI is InChI=1S/C15H21NO2/c1-10-5-7-14(8-6-10)15(9-16-13(4)18)11(2)12(3)17/h5-8,11,15H,9H2,1-4H3,(H,16,18).